The first kappa shape index (κ1) is 8.56. The second kappa shape index (κ2) is 4.44. The Balaban J connectivity index is 4.01. The molecular weight excluding hydrogens is 132 g/mol. The van der Waals surface area contributed by atoms with Gasteiger partial charge in [0.25, 0.3) is 5.95 Å². The van der Waals surface area contributed by atoms with Gasteiger partial charge in [0, 0.05) is 0 Å². The van der Waals surface area contributed by atoms with E-state index in [1.807, 2.05) is 0 Å². The molecule has 0 radical (unpaired) electrons. The maximum atomic E-state index is 4.94. The smallest absolute Gasteiger partial charge is 0.272 e. The lowest BCUT2D eigenvalue weighted by Gasteiger charge is -2.05. The molecule has 0 bridgehead atoms. The minimum absolute atomic E-state index is 0.101. The van der Waals surface area contributed by atoms with Gasteiger partial charge >= 0.3 is 0 Å². The zero-order valence-corrected chi connectivity index (χ0v) is 7.94. The summed E-state index contributed by atoms with van der Waals surface area (Å²) in [5.74, 6) is 0.698. The summed E-state index contributed by atoms with van der Waals surface area (Å²) in [5.41, 5.74) is 0. The normalized spacial score (nSPS) is 9.78. The molecule has 0 aromatic carbocycles. The lowest BCUT2D eigenvalue weighted by molar-refractivity contribution is 0.0932. The number of rotatable bonds is 3. The van der Waals surface area contributed by atoms with Crippen molar-refractivity contribution in [3.05, 3.63) is 11.1 Å². The van der Waals surface area contributed by atoms with E-state index in [-0.39, 0.29) is 9.52 Å². The third kappa shape index (κ3) is 2.55. The minimum atomic E-state index is -0.101. The molecule has 0 saturated carbocycles. The van der Waals surface area contributed by atoms with Crippen LogP contribution in [0.3, 0.4) is 0 Å². The van der Waals surface area contributed by atoms with Crippen molar-refractivity contribution in [2.75, 3.05) is 14.2 Å². The molecule has 0 aliphatic heterocycles. The molecule has 0 spiro atoms. The highest BCUT2D eigenvalue weighted by Gasteiger charge is 1.97. The molecule has 0 aromatic rings. The summed E-state index contributed by atoms with van der Waals surface area (Å²) in [6.07, 6.45) is 0. The largest absolute Gasteiger partial charge is 0.469 e. The number of ether oxygens (including phenoxy) is 2. The van der Waals surface area contributed by atoms with Crippen LogP contribution in [0.4, 0.5) is 0 Å². The summed E-state index contributed by atoms with van der Waals surface area (Å²) >= 11 is 0. The van der Waals surface area contributed by atoms with Gasteiger partial charge in [-0.05, 0) is 12.1 Å². The van der Waals surface area contributed by atoms with Crippen molar-refractivity contribution in [3.8, 4) is 0 Å². The molecule has 54 valence electrons. The van der Waals surface area contributed by atoms with Gasteiger partial charge in [-0.15, -0.1) is 0 Å². The molecule has 0 rings (SSSR count). The fraction of sp³-hybridized carbons (Fsp3) is 0.667. The number of methoxy groups -OCH3 is 2. The van der Waals surface area contributed by atoms with Gasteiger partial charge in [0.05, 0.1) is 23.7 Å². The van der Waals surface area contributed by atoms with Gasteiger partial charge in [0.2, 0.25) is 0 Å². The monoisotopic (exact) mass is 146 g/mol. The summed E-state index contributed by atoms with van der Waals surface area (Å²) in [6, 6.07) is 0. The van der Waals surface area contributed by atoms with Crippen LogP contribution in [0.1, 0.15) is 6.92 Å². The molecular formula is C6H14O2Si. The van der Waals surface area contributed by atoms with Gasteiger partial charge < -0.3 is 9.47 Å². The van der Waals surface area contributed by atoms with Crippen molar-refractivity contribution in [1.29, 1.82) is 0 Å². The van der Waals surface area contributed by atoms with E-state index in [1.165, 1.54) is 5.20 Å². The van der Waals surface area contributed by atoms with Crippen LogP contribution in [0.25, 0.3) is 0 Å². The van der Waals surface area contributed by atoms with Crippen molar-refractivity contribution < 1.29 is 9.47 Å². The van der Waals surface area contributed by atoms with E-state index in [4.69, 9.17) is 9.47 Å². The first-order valence-corrected chi connectivity index (χ1v) is 5.16. The van der Waals surface area contributed by atoms with Crippen LogP contribution < -0.4 is 0 Å². The van der Waals surface area contributed by atoms with Crippen molar-refractivity contribution in [2.24, 2.45) is 0 Å². The molecule has 0 aromatic heterocycles. The standard InChI is InChI=1S/C6H14O2Si/c1-5(9-4)6(7-2)8-3/h9H2,1-4H3. The highest BCUT2D eigenvalue weighted by atomic mass is 28.2. The first-order valence-electron chi connectivity index (χ1n) is 3.04. The van der Waals surface area contributed by atoms with E-state index in [0.29, 0.717) is 5.95 Å². The number of hydrogen-bond donors (Lipinski definition) is 0. The predicted molar refractivity (Wildman–Crippen MR) is 41.1 cm³/mol. The second-order valence-electron chi connectivity index (χ2n) is 1.83. The predicted octanol–water partition coefficient (Wildman–Crippen LogP) is 0.685. The summed E-state index contributed by atoms with van der Waals surface area (Å²) in [6.45, 7) is 4.25. The van der Waals surface area contributed by atoms with Gasteiger partial charge in [-0.2, -0.15) is 0 Å². The third-order valence-corrected chi connectivity index (χ3v) is 2.60. The van der Waals surface area contributed by atoms with Crippen LogP contribution in [0.15, 0.2) is 11.1 Å². The maximum Gasteiger partial charge on any atom is 0.272 e. The zero-order valence-electron chi connectivity index (χ0n) is 6.52. The topological polar surface area (TPSA) is 18.5 Å². The van der Waals surface area contributed by atoms with Crippen LogP contribution >= 0.6 is 0 Å². The first-order chi connectivity index (χ1) is 4.26. The molecule has 0 amide bonds. The van der Waals surface area contributed by atoms with Gasteiger partial charge in [0.1, 0.15) is 0 Å². The van der Waals surface area contributed by atoms with Crippen LogP contribution in [0.5, 0.6) is 0 Å². The Kier molecular flexibility index (Phi) is 4.22. The fourth-order valence-corrected chi connectivity index (χ4v) is 1.15. The average molecular weight is 146 g/mol. The zero-order chi connectivity index (χ0) is 7.28. The van der Waals surface area contributed by atoms with Crippen molar-refractivity contribution in [1.82, 2.24) is 0 Å². The van der Waals surface area contributed by atoms with E-state index in [1.54, 1.807) is 14.2 Å². The molecule has 2 nitrogen and oxygen atoms in total. The molecule has 0 heterocycles. The Morgan fingerprint density at radius 3 is 1.78 bits per heavy atom. The fourth-order valence-electron chi connectivity index (χ4n) is 0.576. The number of hydrogen-bond acceptors (Lipinski definition) is 2. The van der Waals surface area contributed by atoms with Crippen LogP contribution in [-0.4, -0.2) is 23.7 Å². The van der Waals surface area contributed by atoms with E-state index in [0.717, 1.165) is 0 Å². The Bertz CT molecular complexity index is 104. The van der Waals surface area contributed by atoms with Gasteiger partial charge in [-0.3, -0.25) is 0 Å². The Hall–Kier alpha value is -0.443. The molecule has 0 atom stereocenters. The van der Waals surface area contributed by atoms with E-state index in [2.05, 4.69) is 13.5 Å². The second-order valence-corrected chi connectivity index (χ2v) is 3.60. The Morgan fingerprint density at radius 2 is 1.67 bits per heavy atom. The van der Waals surface area contributed by atoms with E-state index in [9.17, 15) is 0 Å². The van der Waals surface area contributed by atoms with E-state index >= 15 is 0 Å². The SMILES string of the molecule is COC(OC)=C(C)[SiH2]C. The molecule has 3 heteroatoms. The van der Waals surface area contributed by atoms with Gasteiger partial charge in [-0.1, -0.05) is 6.55 Å². The summed E-state index contributed by atoms with van der Waals surface area (Å²) < 4.78 is 9.89. The molecule has 0 aliphatic rings. The quantitative estimate of drug-likeness (QED) is 0.431. The Morgan fingerprint density at radius 1 is 1.22 bits per heavy atom. The Labute approximate surface area is 58.7 Å². The van der Waals surface area contributed by atoms with Crippen molar-refractivity contribution in [2.45, 2.75) is 13.5 Å². The van der Waals surface area contributed by atoms with Crippen molar-refractivity contribution in [3.63, 3.8) is 0 Å². The van der Waals surface area contributed by atoms with Crippen molar-refractivity contribution >= 4 is 9.52 Å². The van der Waals surface area contributed by atoms with Crippen LogP contribution in [-0.2, 0) is 9.47 Å². The molecule has 0 saturated heterocycles. The molecule has 0 aliphatic carbocycles. The highest BCUT2D eigenvalue weighted by Crippen LogP contribution is 2.02. The summed E-state index contributed by atoms with van der Waals surface area (Å²) in [5, 5.41) is 1.28. The number of allylic oxidation sites excluding steroid dienone is 1. The minimum Gasteiger partial charge on any atom is -0.469 e. The van der Waals surface area contributed by atoms with Crippen LogP contribution in [0, 0.1) is 0 Å². The van der Waals surface area contributed by atoms with Gasteiger partial charge in [0.15, 0.2) is 0 Å². The highest BCUT2D eigenvalue weighted by molar-refractivity contribution is 6.43. The lowest BCUT2D eigenvalue weighted by Crippen LogP contribution is -1.97. The summed E-state index contributed by atoms with van der Waals surface area (Å²) in [4.78, 5) is 0. The van der Waals surface area contributed by atoms with Gasteiger partial charge in [-0.25, -0.2) is 0 Å². The van der Waals surface area contributed by atoms with E-state index < -0.39 is 0 Å². The van der Waals surface area contributed by atoms with Crippen LogP contribution in [0.2, 0.25) is 6.55 Å². The molecule has 0 unspecified atom stereocenters. The molecule has 0 fully saturated rings. The molecule has 9 heavy (non-hydrogen) atoms. The summed E-state index contributed by atoms with van der Waals surface area (Å²) in [7, 11) is 3.16. The maximum absolute atomic E-state index is 4.94. The average Bonchev–Trinajstić information content (AvgIpc) is 1.90. The lowest BCUT2D eigenvalue weighted by atomic mass is 10.7. The third-order valence-electron chi connectivity index (χ3n) is 1.25. The molecule has 0 N–H and O–H groups in total.